The Morgan fingerprint density at radius 2 is 1.54 bits per heavy atom. The molecule has 0 aromatic heterocycles. The van der Waals surface area contributed by atoms with Gasteiger partial charge in [0.05, 0.1) is 26.1 Å². The van der Waals surface area contributed by atoms with Crippen molar-refractivity contribution in [2.24, 2.45) is 5.41 Å². The van der Waals surface area contributed by atoms with E-state index in [0.717, 1.165) is 33.9 Å². The summed E-state index contributed by atoms with van der Waals surface area (Å²) < 4.78 is 27.7. The zero-order valence-electron chi connectivity index (χ0n) is 37.9. The number of amides is 3. The minimum Gasteiger partial charge on any atom is -0.493 e. The number of carbonyl (C=O) groups is 7. The number of anilines is 1. The van der Waals surface area contributed by atoms with E-state index in [2.05, 4.69) is 17.2 Å². The number of methoxy groups -OCH3 is 2. The molecular weight excluding hydrogens is 863 g/mol. The van der Waals surface area contributed by atoms with Gasteiger partial charge in [-0.3, -0.25) is 14.4 Å². The highest BCUT2D eigenvalue weighted by molar-refractivity contribution is 6.38. The van der Waals surface area contributed by atoms with Gasteiger partial charge in [-0.25, -0.2) is 19.2 Å². The number of ether oxygens (including phenoxy) is 5. The topological polar surface area (TPSA) is 213 Å². The Labute approximate surface area is 388 Å². The number of esters is 2. The predicted octanol–water partition coefficient (Wildman–Crippen LogP) is 6.95. The van der Waals surface area contributed by atoms with E-state index >= 15 is 0 Å². The van der Waals surface area contributed by atoms with Crippen LogP contribution in [0.15, 0.2) is 104 Å². The number of benzene rings is 4. The molecule has 6 rings (SSSR count). The average Bonchev–Trinajstić information content (AvgIpc) is 3.66. The van der Waals surface area contributed by atoms with Crippen LogP contribution in [-0.4, -0.2) is 97.7 Å². The van der Waals surface area contributed by atoms with Gasteiger partial charge >= 0.3 is 24.0 Å². The standard InChI is InChI=1S/C51H55N3O13/c1-6-45(56)66-30-51(2,3)46(57)47(58)54-25-12-11-20-40(54)49(61)67-41(23-21-31-22-24-42(63-4)43(26-31)64-5)32-14-13-15-33(27-32)52-44(55)28-39(48(59)60)53-50(62)65-29-38-36-18-9-7-16-34(36)35-17-8-10-19-37(35)38/h6-10,13-19,22,24,26-27,38-41H,1,11-12,20-21,23,25,28-30H2,2-5H3,(H,52,55)(H,53,62)(H,59,60)/t39?,40-,41?/m0/s1. The highest BCUT2D eigenvalue weighted by Crippen LogP contribution is 2.44. The van der Waals surface area contributed by atoms with Crippen LogP contribution < -0.4 is 20.1 Å². The number of ketones is 1. The van der Waals surface area contributed by atoms with Crippen LogP contribution in [0.25, 0.3) is 11.1 Å². The third-order valence-corrected chi connectivity index (χ3v) is 11.9. The minimum absolute atomic E-state index is 0.0522. The highest BCUT2D eigenvalue weighted by atomic mass is 16.6. The quantitative estimate of drug-likeness (QED) is 0.0355. The lowest BCUT2D eigenvalue weighted by Crippen LogP contribution is -2.53. The Balaban J connectivity index is 1.15. The predicted molar refractivity (Wildman–Crippen MR) is 245 cm³/mol. The summed E-state index contributed by atoms with van der Waals surface area (Å²) >= 11 is 0. The van der Waals surface area contributed by atoms with E-state index < -0.39 is 71.6 Å². The number of rotatable bonds is 20. The lowest BCUT2D eigenvalue weighted by molar-refractivity contribution is -0.165. The second-order valence-electron chi connectivity index (χ2n) is 16.9. The average molecular weight is 918 g/mol. The van der Waals surface area contributed by atoms with Gasteiger partial charge in [-0.15, -0.1) is 0 Å². The molecule has 0 bridgehead atoms. The maximum atomic E-state index is 14.2. The molecule has 0 saturated carbocycles. The van der Waals surface area contributed by atoms with E-state index in [4.69, 9.17) is 23.7 Å². The number of hydrogen-bond donors (Lipinski definition) is 3. The number of hydrogen-bond acceptors (Lipinski definition) is 12. The molecule has 1 fully saturated rings. The lowest BCUT2D eigenvalue weighted by Gasteiger charge is -2.36. The summed E-state index contributed by atoms with van der Waals surface area (Å²) in [7, 11) is 3.03. The van der Waals surface area contributed by atoms with Crippen LogP contribution in [-0.2, 0) is 49.4 Å². The van der Waals surface area contributed by atoms with E-state index in [0.29, 0.717) is 36.3 Å². The minimum atomic E-state index is -1.63. The van der Waals surface area contributed by atoms with Crippen molar-refractivity contribution in [3.8, 4) is 22.6 Å². The summed E-state index contributed by atoms with van der Waals surface area (Å²) in [6.07, 6.45) is 0.342. The van der Waals surface area contributed by atoms with E-state index in [-0.39, 0.29) is 44.2 Å². The monoisotopic (exact) mass is 917 g/mol. The first-order valence-electron chi connectivity index (χ1n) is 21.9. The van der Waals surface area contributed by atoms with Gasteiger partial charge in [-0.2, -0.15) is 0 Å². The van der Waals surface area contributed by atoms with Crippen LogP contribution in [0.3, 0.4) is 0 Å². The number of aryl methyl sites for hydroxylation is 1. The highest BCUT2D eigenvalue weighted by Gasteiger charge is 2.42. The summed E-state index contributed by atoms with van der Waals surface area (Å²) in [5.41, 5.74) is 4.17. The van der Waals surface area contributed by atoms with Crippen LogP contribution in [0.5, 0.6) is 11.5 Å². The summed E-state index contributed by atoms with van der Waals surface area (Å²) in [6.45, 7) is 5.99. The Morgan fingerprint density at radius 1 is 0.851 bits per heavy atom. The Bertz CT molecular complexity index is 2470. The molecule has 0 spiro atoms. The first-order chi connectivity index (χ1) is 32.1. The molecule has 16 nitrogen and oxygen atoms in total. The molecule has 3 amide bonds. The van der Waals surface area contributed by atoms with Crippen LogP contribution in [0.2, 0.25) is 0 Å². The maximum absolute atomic E-state index is 14.2. The number of aliphatic carboxylic acids is 1. The van der Waals surface area contributed by atoms with Gasteiger partial charge in [0.15, 0.2) is 11.5 Å². The van der Waals surface area contributed by atoms with Crippen molar-refractivity contribution in [3.05, 3.63) is 126 Å². The fourth-order valence-electron chi connectivity index (χ4n) is 8.26. The van der Waals surface area contributed by atoms with Crippen LogP contribution >= 0.6 is 0 Å². The number of carboxylic acids is 1. The molecule has 352 valence electrons. The van der Waals surface area contributed by atoms with Gasteiger partial charge in [0.2, 0.25) is 11.7 Å². The van der Waals surface area contributed by atoms with Crippen molar-refractivity contribution in [1.29, 1.82) is 0 Å². The van der Waals surface area contributed by atoms with Crippen molar-refractivity contribution in [3.63, 3.8) is 0 Å². The first kappa shape index (κ1) is 49.0. The molecular formula is C51H55N3O13. The molecule has 1 saturated heterocycles. The number of fused-ring (bicyclic) bond motifs is 3. The summed E-state index contributed by atoms with van der Waals surface area (Å²) in [4.78, 5) is 93.0. The fourth-order valence-corrected chi connectivity index (χ4v) is 8.26. The number of likely N-dealkylation sites (tertiary alicyclic amines) is 1. The van der Waals surface area contributed by atoms with Crippen LogP contribution in [0.1, 0.15) is 80.2 Å². The molecule has 0 radical (unpaired) electrons. The molecule has 4 aromatic rings. The van der Waals surface area contributed by atoms with Crippen molar-refractivity contribution < 1.29 is 62.4 Å². The normalized spacial score (nSPS) is 15.1. The van der Waals surface area contributed by atoms with Gasteiger partial charge in [-0.1, -0.05) is 73.3 Å². The Kier molecular flexibility index (Phi) is 16.2. The molecule has 1 aliphatic carbocycles. The van der Waals surface area contributed by atoms with Gasteiger partial charge < -0.3 is 44.3 Å². The molecule has 3 N–H and O–H groups in total. The van der Waals surface area contributed by atoms with Crippen molar-refractivity contribution in [1.82, 2.24) is 10.2 Å². The smallest absolute Gasteiger partial charge is 0.407 e. The largest absolute Gasteiger partial charge is 0.493 e. The summed E-state index contributed by atoms with van der Waals surface area (Å²) in [5.74, 6) is -4.65. The number of carboxylic acid groups (broad SMARTS) is 1. The van der Waals surface area contributed by atoms with E-state index in [1.807, 2.05) is 54.6 Å². The molecule has 2 aliphatic rings. The first-order valence-corrected chi connectivity index (χ1v) is 21.9. The van der Waals surface area contributed by atoms with Crippen LogP contribution in [0.4, 0.5) is 10.5 Å². The zero-order valence-corrected chi connectivity index (χ0v) is 37.9. The molecule has 3 atom stereocenters. The fraction of sp³-hybridized carbons (Fsp3) is 0.353. The summed E-state index contributed by atoms with van der Waals surface area (Å²) in [6, 6.07) is 24.7. The number of alkyl carbamates (subject to hydrolysis) is 1. The van der Waals surface area contributed by atoms with Crippen molar-refractivity contribution in [2.45, 2.75) is 76.5 Å². The van der Waals surface area contributed by atoms with E-state index in [1.165, 1.54) is 33.0 Å². The molecule has 2 unspecified atom stereocenters. The second-order valence-corrected chi connectivity index (χ2v) is 16.9. The zero-order chi connectivity index (χ0) is 48.3. The second kappa shape index (κ2) is 22.1. The maximum Gasteiger partial charge on any atom is 0.407 e. The van der Waals surface area contributed by atoms with Gasteiger partial charge in [0.25, 0.3) is 5.91 Å². The van der Waals surface area contributed by atoms with Crippen molar-refractivity contribution in [2.75, 3.05) is 39.3 Å². The number of carbonyl (C=O) groups excluding carboxylic acids is 6. The van der Waals surface area contributed by atoms with Crippen LogP contribution in [0, 0.1) is 5.41 Å². The van der Waals surface area contributed by atoms with Gasteiger partial charge in [0.1, 0.15) is 31.4 Å². The van der Waals surface area contributed by atoms with Gasteiger partial charge in [-0.05, 0) is 104 Å². The van der Waals surface area contributed by atoms with E-state index in [9.17, 15) is 38.7 Å². The van der Waals surface area contributed by atoms with Crippen molar-refractivity contribution >= 4 is 47.3 Å². The van der Waals surface area contributed by atoms with E-state index in [1.54, 1.807) is 36.4 Å². The number of nitrogens with one attached hydrogen (secondary N) is 2. The lowest BCUT2D eigenvalue weighted by atomic mass is 9.87. The summed E-state index contributed by atoms with van der Waals surface area (Å²) in [5, 5.41) is 15.0. The number of Topliss-reactive ketones (excluding diaryl/α,β-unsaturated/α-hetero) is 1. The van der Waals surface area contributed by atoms with Gasteiger partial charge in [0, 0.05) is 24.2 Å². The SMILES string of the molecule is C=CC(=O)OCC(C)(C)C(=O)C(=O)N1CCCC[C@H]1C(=O)OC(CCc1ccc(OC)c(OC)c1)c1cccc(NC(=O)CC(NC(=O)OCC2c3ccccc3-c3ccccc32)C(=O)O)c1. The Morgan fingerprint density at radius 3 is 2.19 bits per heavy atom. The number of nitrogens with zero attached hydrogens (tertiary/aromatic N) is 1. The molecule has 67 heavy (non-hydrogen) atoms. The number of piperidine rings is 1. The third kappa shape index (κ3) is 12.1. The molecule has 4 aromatic carbocycles. The molecule has 16 heteroatoms. The molecule has 1 heterocycles. The molecule has 1 aliphatic heterocycles. The Hall–Kier alpha value is -7.49. The third-order valence-electron chi connectivity index (χ3n) is 11.9.